The minimum absolute atomic E-state index is 0.000130. The lowest BCUT2D eigenvalue weighted by Crippen LogP contribution is -2.50. The largest absolute Gasteiger partial charge is 0.459 e. The smallest absolute Gasteiger partial charge is 0.335 e. The molecule has 4 rings (SSSR count). The Labute approximate surface area is 258 Å². The number of hydrogen-bond donors (Lipinski definition) is 1. The summed E-state index contributed by atoms with van der Waals surface area (Å²) in [6.45, 7) is 9.69. The second-order valence-corrected chi connectivity index (χ2v) is 12.4. The molecule has 242 valence electrons. The lowest BCUT2D eigenvalue weighted by molar-refractivity contribution is -0.200. The van der Waals surface area contributed by atoms with Gasteiger partial charge < -0.3 is 29.1 Å². The zero-order chi connectivity index (χ0) is 32.0. The highest BCUT2D eigenvalue weighted by atomic mass is 16.7. The average Bonchev–Trinajstić information content (AvgIpc) is 3.61. The number of hydroxylamine groups is 2. The fourth-order valence-electron chi connectivity index (χ4n) is 5.86. The Hall–Kier alpha value is -3.35. The second kappa shape index (κ2) is 14.6. The fourth-order valence-corrected chi connectivity index (χ4v) is 5.86. The molecule has 0 aromatic carbocycles. The number of allylic oxidation sites excluding steroid dienone is 2. The highest BCUT2D eigenvalue weighted by Gasteiger charge is 2.51. The van der Waals surface area contributed by atoms with Gasteiger partial charge in [0.15, 0.2) is 0 Å². The van der Waals surface area contributed by atoms with Crippen LogP contribution in [0.4, 0.5) is 0 Å². The summed E-state index contributed by atoms with van der Waals surface area (Å²) < 4.78 is 23.1. The van der Waals surface area contributed by atoms with E-state index in [-0.39, 0.29) is 61.0 Å². The third-order valence-corrected chi connectivity index (χ3v) is 8.35. The molecule has 4 saturated heterocycles. The summed E-state index contributed by atoms with van der Waals surface area (Å²) in [7, 11) is 0. The summed E-state index contributed by atoms with van der Waals surface area (Å²) in [5.74, 6) is -2.14. The first-order valence-electron chi connectivity index (χ1n) is 15.3. The van der Waals surface area contributed by atoms with Gasteiger partial charge in [-0.3, -0.25) is 19.2 Å². The summed E-state index contributed by atoms with van der Waals surface area (Å²) in [5.41, 5.74) is 0.719. The topological polar surface area (TPSA) is 150 Å². The number of amides is 3. The first kappa shape index (κ1) is 33.5. The number of carbonyl (C=O) groups is 5. The molecule has 0 aromatic rings. The molecule has 12 heteroatoms. The molecule has 0 aliphatic carbocycles. The molecule has 4 heterocycles. The van der Waals surface area contributed by atoms with Crippen LogP contribution in [0.2, 0.25) is 0 Å². The van der Waals surface area contributed by atoms with Crippen LogP contribution in [0.5, 0.6) is 0 Å². The van der Waals surface area contributed by atoms with Crippen LogP contribution in [-0.2, 0) is 47.8 Å². The predicted octanol–water partition coefficient (Wildman–Crippen LogP) is 3.00. The Balaban J connectivity index is 1.23. The molecule has 8 atom stereocenters. The van der Waals surface area contributed by atoms with E-state index >= 15 is 0 Å². The van der Waals surface area contributed by atoms with Crippen LogP contribution in [0.1, 0.15) is 79.6 Å². The molecule has 0 unspecified atom stereocenters. The lowest BCUT2D eigenvalue weighted by atomic mass is 9.88. The maximum Gasteiger partial charge on any atom is 0.335 e. The lowest BCUT2D eigenvalue weighted by Gasteiger charge is -2.39. The van der Waals surface area contributed by atoms with E-state index in [1.54, 1.807) is 13.0 Å². The molecule has 0 radical (unpaired) electrons. The minimum atomic E-state index is -0.682. The number of ether oxygens (including phenoxy) is 4. The van der Waals surface area contributed by atoms with Gasteiger partial charge in [0, 0.05) is 38.7 Å². The first-order chi connectivity index (χ1) is 20.8. The molecule has 1 spiro atoms. The second-order valence-electron chi connectivity index (χ2n) is 12.4. The van der Waals surface area contributed by atoms with Crippen molar-refractivity contribution in [1.29, 1.82) is 0 Å². The van der Waals surface area contributed by atoms with Gasteiger partial charge in [0.1, 0.15) is 6.10 Å². The Bertz CT molecular complexity index is 1190. The van der Waals surface area contributed by atoms with Crippen molar-refractivity contribution >= 4 is 29.7 Å². The molecule has 4 aliphatic heterocycles. The monoisotopic (exact) mass is 616 g/mol. The van der Waals surface area contributed by atoms with Crippen LogP contribution in [-0.4, -0.2) is 83.5 Å². The van der Waals surface area contributed by atoms with Crippen LogP contribution >= 0.6 is 0 Å². The van der Waals surface area contributed by atoms with E-state index in [1.165, 1.54) is 13.0 Å². The third kappa shape index (κ3) is 9.57. The maximum absolute atomic E-state index is 12.4. The standard InChI is InChI=1S/C32H44N2O10/c1-19(7-10-27-20(2)14-26(22(4)42-27)33-28(36)11-8-21(3)41-23(5)35)6-9-24-16-32(18-40-32)17-25(43-24)15-31(39)44-34-29(37)12-13-30(34)38/h6-9,11,20-22,24-27H,10,12-18H2,1-5H3,(H,33,36)/t20-,21-,22+,24+,25+,26+,27-,32-/m0/s1. The Morgan fingerprint density at radius 3 is 2.45 bits per heavy atom. The van der Waals surface area contributed by atoms with E-state index in [0.29, 0.717) is 30.9 Å². The molecule has 44 heavy (non-hydrogen) atoms. The normalized spacial score (nSPS) is 33.2. The zero-order valence-corrected chi connectivity index (χ0v) is 26.1. The van der Waals surface area contributed by atoms with Gasteiger partial charge in [-0.25, -0.2) is 4.79 Å². The number of esters is 1. The Kier molecular flexibility index (Phi) is 11.1. The van der Waals surface area contributed by atoms with E-state index in [9.17, 15) is 24.0 Å². The van der Waals surface area contributed by atoms with E-state index in [2.05, 4.69) is 18.3 Å². The molecule has 4 fully saturated rings. The highest BCUT2D eigenvalue weighted by molar-refractivity contribution is 6.01. The van der Waals surface area contributed by atoms with E-state index < -0.39 is 36.0 Å². The molecule has 1 N–H and O–H groups in total. The highest BCUT2D eigenvalue weighted by Crippen LogP contribution is 2.43. The maximum atomic E-state index is 12.4. The number of imide groups is 1. The summed E-state index contributed by atoms with van der Waals surface area (Å²) in [6, 6.07) is -0.130. The zero-order valence-electron chi connectivity index (χ0n) is 26.1. The van der Waals surface area contributed by atoms with E-state index in [4.69, 9.17) is 23.8 Å². The summed E-state index contributed by atoms with van der Waals surface area (Å²) >= 11 is 0. The van der Waals surface area contributed by atoms with Crippen molar-refractivity contribution in [3.05, 3.63) is 36.0 Å². The minimum Gasteiger partial charge on any atom is -0.459 e. The number of rotatable bonds is 11. The fraction of sp³-hybridized carbons (Fsp3) is 0.656. The quantitative estimate of drug-likeness (QED) is 0.121. The number of epoxide rings is 1. The third-order valence-electron chi connectivity index (χ3n) is 8.35. The van der Waals surface area contributed by atoms with Gasteiger partial charge >= 0.3 is 11.9 Å². The Morgan fingerprint density at radius 1 is 1.09 bits per heavy atom. The van der Waals surface area contributed by atoms with Crippen molar-refractivity contribution in [2.24, 2.45) is 5.92 Å². The molecule has 0 saturated carbocycles. The van der Waals surface area contributed by atoms with Crippen LogP contribution in [0.15, 0.2) is 36.0 Å². The average molecular weight is 617 g/mol. The molecular weight excluding hydrogens is 572 g/mol. The number of carbonyl (C=O) groups excluding carboxylic acids is 5. The number of nitrogens with one attached hydrogen (secondary N) is 1. The van der Waals surface area contributed by atoms with Crippen molar-refractivity contribution in [3.63, 3.8) is 0 Å². The number of hydrogen-bond acceptors (Lipinski definition) is 10. The molecule has 0 aromatic heterocycles. The van der Waals surface area contributed by atoms with E-state index in [1.807, 2.05) is 26.0 Å². The van der Waals surface area contributed by atoms with Gasteiger partial charge in [-0.1, -0.05) is 30.7 Å². The Morgan fingerprint density at radius 2 is 1.80 bits per heavy atom. The van der Waals surface area contributed by atoms with Crippen molar-refractivity contribution in [3.8, 4) is 0 Å². The van der Waals surface area contributed by atoms with Crippen LogP contribution in [0, 0.1) is 5.92 Å². The van der Waals surface area contributed by atoms with Gasteiger partial charge in [0.05, 0.1) is 49.1 Å². The van der Waals surface area contributed by atoms with Gasteiger partial charge in [-0.15, -0.1) is 5.06 Å². The van der Waals surface area contributed by atoms with Crippen LogP contribution in [0.3, 0.4) is 0 Å². The molecule has 12 nitrogen and oxygen atoms in total. The SMILES string of the molecule is CC(=O)O[C@@H](C)C=CC(=O)N[C@@H]1C[C@H](C)[C@H](CC=C(C)C=C[C@@H]2C[C@@]3(CO3)C[C@@H](CC(=O)ON3C(=O)CCC3=O)O2)O[C@@H]1C. The molecule has 4 aliphatic rings. The van der Waals surface area contributed by atoms with Crippen molar-refractivity contribution in [1.82, 2.24) is 10.4 Å². The van der Waals surface area contributed by atoms with Gasteiger partial charge in [0.2, 0.25) is 5.91 Å². The first-order valence-corrected chi connectivity index (χ1v) is 15.3. The number of nitrogens with zero attached hydrogens (tertiary/aromatic N) is 1. The molecule has 0 bridgehead atoms. The van der Waals surface area contributed by atoms with Crippen LogP contribution in [0.25, 0.3) is 0 Å². The predicted molar refractivity (Wildman–Crippen MR) is 156 cm³/mol. The molecular formula is C32H44N2O10. The summed E-state index contributed by atoms with van der Waals surface area (Å²) in [6.07, 6.45) is 10.4. The summed E-state index contributed by atoms with van der Waals surface area (Å²) in [4.78, 5) is 64.4. The van der Waals surface area contributed by atoms with Crippen molar-refractivity contribution < 1.29 is 47.8 Å². The van der Waals surface area contributed by atoms with Gasteiger partial charge in [-0.05, 0) is 45.6 Å². The molecule has 3 amide bonds. The van der Waals surface area contributed by atoms with Gasteiger partial charge in [0.25, 0.3) is 11.8 Å². The van der Waals surface area contributed by atoms with Crippen LogP contribution < -0.4 is 5.32 Å². The van der Waals surface area contributed by atoms with E-state index in [0.717, 1.165) is 12.0 Å². The van der Waals surface area contributed by atoms with Crippen molar-refractivity contribution in [2.45, 2.75) is 122 Å². The summed E-state index contributed by atoms with van der Waals surface area (Å²) in [5, 5.41) is 3.55. The van der Waals surface area contributed by atoms with Crippen molar-refractivity contribution in [2.75, 3.05) is 6.61 Å². The van der Waals surface area contributed by atoms with Gasteiger partial charge in [-0.2, -0.15) is 0 Å².